The largest absolute Gasteiger partial charge is 0.330 e. The van der Waals surface area contributed by atoms with Crippen LogP contribution in [0.3, 0.4) is 0 Å². The summed E-state index contributed by atoms with van der Waals surface area (Å²) in [6.45, 7) is 3.06. The van der Waals surface area contributed by atoms with Crippen LogP contribution in [-0.4, -0.2) is 6.54 Å². The summed E-state index contributed by atoms with van der Waals surface area (Å²) in [5.41, 5.74) is 8.90. The quantitative estimate of drug-likeness (QED) is 0.685. The van der Waals surface area contributed by atoms with Gasteiger partial charge in [0.15, 0.2) is 0 Å². The average molecular weight is 195 g/mol. The van der Waals surface area contributed by atoms with E-state index in [0.717, 1.165) is 6.54 Å². The van der Waals surface area contributed by atoms with Crippen LogP contribution >= 0.6 is 11.3 Å². The van der Waals surface area contributed by atoms with Crippen molar-refractivity contribution in [1.82, 2.24) is 0 Å². The molecule has 2 heteroatoms. The zero-order valence-corrected chi connectivity index (χ0v) is 8.99. The van der Waals surface area contributed by atoms with E-state index >= 15 is 0 Å². The zero-order chi connectivity index (χ0) is 9.26. The van der Waals surface area contributed by atoms with E-state index in [0.29, 0.717) is 5.92 Å². The summed E-state index contributed by atoms with van der Waals surface area (Å²) in [6, 6.07) is 0. The van der Waals surface area contributed by atoms with Crippen molar-refractivity contribution in [2.75, 3.05) is 6.54 Å². The molecule has 0 fully saturated rings. The van der Waals surface area contributed by atoms with Crippen LogP contribution in [0.1, 0.15) is 41.2 Å². The summed E-state index contributed by atoms with van der Waals surface area (Å²) in [6.07, 6.45) is 5.27. The first-order valence-corrected chi connectivity index (χ1v) is 5.98. The van der Waals surface area contributed by atoms with Crippen molar-refractivity contribution < 1.29 is 0 Å². The van der Waals surface area contributed by atoms with E-state index < -0.39 is 0 Å². The zero-order valence-electron chi connectivity index (χ0n) is 8.18. The molecule has 2 rings (SSSR count). The second kappa shape index (κ2) is 3.81. The molecule has 1 aromatic heterocycles. The summed E-state index contributed by atoms with van der Waals surface area (Å²) in [5, 5.41) is 2.29. The fraction of sp³-hybridized carbons (Fsp3) is 0.636. The molecule has 0 bridgehead atoms. The maximum Gasteiger partial charge on any atom is 0.0123 e. The van der Waals surface area contributed by atoms with Crippen molar-refractivity contribution in [3.63, 3.8) is 0 Å². The van der Waals surface area contributed by atoms with Gasteiger partial charge in [-0.2, -0.15) is 0 Å². The van der Waals surface area contributed by atoms with E-state index in [4.69, 9.17) is 5.73 Å². The lowest BCUT2D eigenvalue weighted by molar-refractivity contribution is 0.608. The van der Waals surface area contributed by atoms with Gasteiger partial charge in [0.2, 0.25) is 0 Å². The van der Waals surface area contributed by atoms with Gasteiger partial charge in [-0.3, -0.25) is 0 Å². The van der Waals surface area contributed by atoms with Crippen molar-refractivity contribution in [2.24, 2.45) is 5.73 Å². The Hall–Kier alpha value is -0.340. The second-order valence-corrected chi connectivity index (χ2v) is 4.85. The molecule has 0 amide bonds. The fourth-order valence-corrected chi connectivity index (χ4v) is 3.46. The second-order valence-electron chi connectivity index (χ2n) is 3.94. The minimum absolute atomic E-state index is 0.649. The molecule has 0 radical (unpaired) electrons. The van der Waals surface area contributed by atoms with Gasteiger partial charge in [-0.25, -0.2) is 0 Å². The molecule has 0 saturated carbocycles. The molecule has 1 aromatic rings. The van der Waals surface area contributed by atoms with Crippen LogP contribution in [0, 0.1) is 6.92 Å². The molecule has 1 nitrogen and oxygen atoms in total. The summed E-state index contributed by atoms with van der Waals surface area (Å²) in [5.74, 6) is 0.649. The van der Waals surface area contributed by atoms with Crippen LogP contribution in [0.2, 0.25) is 0 Å². The van der Waals surface area contributed by atoms with Crippen LogP contribution in [0.4, 0.5) is 0 Å². The van der Waals surface area contributed by atoms with Gasteiger partial charge < -0.3 is 5.73 Å². The lowest BCUT2D eigenvalue weighted by atomic mass is 10.0. The summed E-state index contributed by atoms with van der Waals surface area (Å²) < 4.78 is 0. The third-order valence-electron chi connectivity index (χ3n) is 3.02. The lowest BCUT2D eigenvalue weighted by Gasteiger charge is -2.11. The maximum absolute atomic E-state index is 5.80. The van der Waals surface area contributed by atoms with Gasteiger partial charge >= 0.3 is 0 Å². The summed E-state index contributed by atoms with van der Waals surface area (Å²) in [4.78, 5) is 1.58. The van der Waals surface area contributed by atoms with Crippen molar-refractivity contribution in [1.29, 1.82) is 0 Å². The van der Waals surface area contributed by atoms with E-state index in [-0.39, 0.29) is 0 Å². The first-order chi connectivity index (χ1) is 6.33. The van der Waals surface area contributed by atoms with Gasteiger partial charge in [-0.1, -0.05) is 6.42 Å². The van der Waals surface area contributed by atoms with E-state index in [9.17, 15) is 0 Å². The highest BCUT2D eigenvalue weighted by Gasteiger charge is 2.20. The van der Waals surface area contributed by atoms with E-state index in [1.807, 2.05) is 11.3 Å². The molecule has 1 aliphatic rings. The van der Waals surface area contributed by atoms with E-state index in [1.54, 1.807) is 10.4 Å². The lowest BCUT2D eigenvalue weighted by Crippen LogP contribution is -2.11. The van der Waals surface area contributed by atoms with Crippen LogP contribution in [0.15, 0.2) is 5.38 Å². The molecule has 0 aromatic carbocycles. The third kappa shape index (κ3) is 1.65. The van der Waals surface area contributed by atoms with Gasteiger partial charge in [0.05, 0.1) is 0 Å². The Morgan fingerprint density at radius 3 is 3.15 bits per heavy atom. The highest BCUT2D eigenvalue weighted by atomic mass is 32.1. The number of hydrogen-bond donors (Lipinski definition) is 1. The Labute approximate surface area is 84.0 Å². The topological polar surface area (TPSA) is 26.0 Å². The molecule has 1 unspecified atom stereocenters. The van der Waals surface area contributed by atoms with Gasteiger partial charge in [0.25, 0.3) is 0 Å². The van der Waals surface area contributed by atoms with Gasteiger partial charge in [0.1, 0.15) is 0 Å². The molecule has 1 aliphatic carbocycles. The fourth-order valence-electron chi connectivity index (χ4n) is 2.20. The maximum atomic E-state index is 5.80. The highest BCUT2D eigenvalue weighted by molar-refractivity contribution is 7.10. The molecule has 1 atom stereocenters. The van der Waals surface area contributed by atoms with E-state index in [1.165, 1.54) is 31.2 Å². The standard InChI is InChI=1S/C11H17NS/c1-8-7-13-11-9(6-12)4-2-3-5-10(8)11/h7,9H,2-6,12H2,1H3. The Kier molecular flexibility index (Phi) is 2.70. The Morgan fingerprint density at radius 1 is 1.54 bits per heavy atom. The van der Waals surface area contributed by atoms with Crippen molar-refractivity contribution >= 4 is 11.3 Å². The highest BCUT2D eigenvalue weighted by Crippen LogP contribution is 2.35. The summed E-state index contributed by atoms with van der Waals surface area (Å²) >= 11 is 1.92. The molecular weight excluding hydrogens is 178 g/mol. The normalized spacial score (nSPS) is 22.5. The van der Waals surface area contributed by atoms with Crippen molar-refractivity contribution in [3.8, 4) is 0 Å². The minimum Gasteiger partial charge on any atom is -0.330 e. The first kappa shape index (κ1) is 9.22. The smallest absolute Gasteiger partial charge is 0.0123 e. The van der Waals surface area contributed by atoms with E-state index in [2.05, 4.69) is 12.3 Å². The van der Waals surface area contributed by atoms with Crippen molar-refractivity contribution in [2.45, 2.75) is 38.5 Å². The van der Waals surface area contributed by atoms with Crippen LogP contribution in [-0.2, 0) is 6.42 Å². The Balaban J connectivity index is 2.36. The molecule has 13 heavy (non-hydrogen) atoms. The number of rotatable bonds is 1. The van der Waals surface area contributed by atoms with Crippen molar-refractivity contribution in [3.05, 3.63) is 21.4 Å². The monoisotopic (exact) mass is 195 g/mol. The Morgan fingerprint density at radius 2 is 2.38 bits per heavy atom. The molecule has 0 aliphatic heterocycles. The molecule has 0 saturated heterocycles. The SMILES string of the molecule is Cc1csc2c1CCCCC2CN. The van der Waals surface area contributed by atoms with Crippen LogP contribution in [0.5, 0.6) is 0 Å². The van der Waals surface area contributed by atoms with Gasteiger partial charge in [-0.15, -0.1) is 11.3 Å². The number of fused-ring (bicyclic) bond motifs is 1. The predicted octanol–water partition coefficient (Wildman–Crippen LogP) is 2.83. The molecular formula is C11H17NS. The van der Waals surface area contributed by atoms with Crippen LogP contribution in [0.25, 0.3) is 0 Å². The first-order valence-electron chi connectivity index (χ1n) is 5.10. The van der Waals surface area contributed by atoms with Gasteiger partial charge in [-0.05, 0) is 49.2 Å². The summed E-state index contributed by atoms with van der Waals surface area (Å²) in [7, 11) is 0. The average Bonchev–Trinajstić information content (AvgIpc) is 2.39. The van der Waals surface area contributed by atoms with Crippen LogP contribution < -0.4 is 5.73 Å². The predicted molar refractivity (Wildman–Crippen MR) is 58.4 cm³/mol. The minimum atomic E-state index is 0.649. The molecule has 1 heterocycles. The third-order valence-corrected chi connectivity index (χ3v) is 4.33. The molecule has 0 spiro atoms. The number of hydrogen-bond acceptors (Lipinski definition) is 2. The molecule has 2 N–H and O–H groups in total. The number of aryl methyl sites for hydroxylation is 1. The molecule has 72 valence electrons. The number of nitrogens with two attached hydrogens (primary N) is 1. The number of thiophene rings is 1. The van der Waals surface area contributed by atoms with Gasteiger partial charge in [0, 0.05) is 10.8 Å². The Bertz CT molecular complexity index is 290.